The van der Waals surface area contributed by atoms with Crippen molar-refractivity contribution in [2.24, 2.45) is 5.22 Å². The van der Waals surface area contributed by atoms with Gasteiger partial charge in [0.25, 0.3) is 0 Å². The molecule has 0 aromatic rings. The summed E-state index contributed by atoms with van der Waals surface area (Å²) in [5, 5.41) is 13.1. The van der Waals surface area contributed by atoms with E-state index in [9.17, 15) is 0 Å². The van der Waals surface area contributed by atoms with Crippen LogP contribution in [0.5, 0.6) is 0 Å². The summed E-state index contributed by atoms with van der Waals surface area (Å²) in [6.45, 7) is 1.06. The number of aliphatic hydroxyl groups excluding tert-OH is 1. The van der Waals surface area contributed by atoms with Crippen molar-refractivity contribution in [2.45, 2.75) is 6.10 Å². The predicted molar refractivity (Wildman–Crippen MR) is 22.7 cm³/mol. The Morgan fingerprint density at radius 1 is 1.71 bits per heavy atom. The van der Waals surface area contributed by atoms with Crippen LogP contribution in [-0.2, 0) is 0 Å². The van der Waals surface area contributed by atoms with E-state index in [0.717, 1.165) is 0 Å². The molecule has 7 heavy (non-hydrogen) atoms. The lowest BCUT2D eigenvalue weighted by Crippen LogP contribution is -2.46. The predicted octanol–water partition coefficient (Wildman–Crippen LogP) is -0.391. The molecule has 0 atom stereocenters. The van der Waals surface area contributed by atoms with Gasteiger partial charge in [-0.2, -0.15) is 5.53 Å². The number of hydrogen-bond donors (Lipinski definition) is 2. The van der Waals surface area contributed by atoms with Gasteiger partial charge in [0.05, 0.1) is 19.2 Å². The van der Waals surface area contributed by atoms with Gasteiger partial charge in [-0.25, -0.2) is 0 Å². The second-order valence-electron chi connectivity index (χ2n) is 1.63. The second-order valence-corrected chi connectivity index (χ2v) is 1.63. The monoisotopic (exact) mass is 101 g/mol. The number of hydrogen-bond acceptors (Lipinski definition) is 3. The standard InChI is InChI=1S/C3H7N3O/c4-5-6-1-3(7)2-6/h3-4,7H,1-2H2. The maximum Gasteiger partial charge on any atom is 0.0924 e. The van der Waals surface area contributed by atoms with Crippen molar-refractivity contribution in [3.8, 4) is 0 Å². The van der Waals surface area contributed by atoms with Gasteiger partial charge in [0.1, 0.15) is 0 Å². The minimum atomic E-state index is -0.242. The molecule has 0 bridgehead atoms. The highest BCUT2D eigenvalue weighted by molar-refractivity contribution is 4.73. The molecule has 1 fully saturated rings. The molecule has 0 aromatic carbocycles. The van der Waals surface area contributed by atoms with E-state index in [2.05, 4.69) is 5.22 Å². The Morgan fingerprint density at radius 3 is 2.43 bits per heavy atom. The van der Waals surface area contributed by atoms with E-state index < -0.39 is 0 Å². The van der Waals surface area contributed by atoms with Crippen LogP contribution in [0.4, 0.5) is 0 Å². The van der Waals surface area contributed by atoms with E-state index >= 15 is 0 Å². The normalized spacial score (nSPS) is 21.6. The zero-order chi connectivity index (χ0) is 5.28. The molecule has 4 heteroatoms. The lowest BCUT2D eigenvalue weighted by Gasteiger charge is -2.31. The van der Waals surface area contributed by atoms with Crippen molar-refractivity contribution in [2.75, 3.05) is 13.1 Å². The first-order chi connectivity index (χ1) is 3.33. The van der Waals surface area contributed by atoms with Gasteiger partial charge in [-0.05, 0) is 0 Å². The minimum absolute atomic E-state index is 0.242. The molecular weight excluding hydrogens is 94.1 g/mol. The Morgan fingerprint density at radius 2 is 2.29 bits per heavy atom. The molecule has 0 unspecified atom stereocenters. The summed E-state index contributed by atoms with van der Waals surface area (Å²) >= 11 is 0. The number of aliphatic hydroxyl groups is 1. The van der Waals surface area contributed by atoms with Gasteiger partial charge in [0, 0.05) is 0 Å². The van der Waals surface area contributed by atoms with Crippen molar-refractivity contribution in [1.82, 2.24) is 5.01 Å². The summed E-state index contributed by atoms with van der Waals surface area (Å²) in [6, 6.07) is 0. The third kappa shape index (κ3) is 0.691. The number of nitrogens with one attached hydrogen (secondary N) is 1. The number of nitrogens with zero attached hydrogens (tertiary/aromatic N) is 2. The fourth-order valence-corrected chi connectivity index (χ4v) is 0.515. The highest BCUT2D eigenvalue weighted by atomic mass is 16.3. The van der Waals surface area contributed by atoms with Crippen LogP contribution >= 0.6 is 0 Å². The Labute approximate surface area is 41.2 Å². The highest BCUT2D eigenvalue weighted by Crippen LogP contribution is 2.05. The van der Waals surface area contributed by atoms with Gasteiger partial charge in [0.15, 0.2) is 0 Å². The Kier molecular flexibility index (Phi) is 0.941. The SMILES string of the molecule is N=NN1CC(O)C1. The van der Waals surface area contributed by atoms with Gasteiger partial charge in [-0.15, -0.1) is 0 Å². The van der Waals surface area contributed by atoms with Gasteiger partial charge >= 0.3 is 0 Å². The molecular formula is C3H7N3O. The van der Waals surface area contributed by atoms with Crippen molar-refractivity contribution in [1.29, 1.82) is 5.53 Å². The second kappa shape index (κ2) is 1.46. The Bertz CT molecular complexity index is 78.2. The van der Waals surface area contributed by atoms with Gasteiger partial charge in [-0.3, -0.25) is 5.01 Å². The summed E-state index contributed by atoms with van der Waals surface area (Å²) in [5.74, 6) is 0. The van der Waals surface area contributed by atoms with Crippen LogP contribution in [0.3, 0.4) is 0 Å². The molecule has 0 spiro atoms. The molecule has 0 aromatic heterocycles. The fourth-order valence-electron chi connectivity index (χ4n) is 0.515. The maximum atomic E-state index is 8.56. The molecule has 1 saturated heterocycles. The van der Waals surface area contributed by atoms with E-state index in [-0.39, 0.29) is 6.10 Å². The van der Waals surface area contributed by atoms with Crippen molar-refractivity contribution < 1.29 is 5.11 Å². The topological polar surface area (TPSA) is 59.7 Å². The van der Waals surface area contributed by atoms with Crippen molar-refractivity contribution >= 4 is 0 Å². The molecule has 0 aliphatic carbocycles. The molecule has 1 heterocycles. The van der Waals surface area contributed by atoms with E-state index in [1.54, 1.807) is 0 Å². The zero-order valence-corrected chi connectivity index (χ0v) is 3.83. The van der Waals surface area contributed by atoms with Gasteiger partial charge in [0.2, 0.25) is 0 Å². The lowest BCUT2D eigenvalue weighted by atomic mass is 10.2. The lowest BCUT2D eigenvalue weighted by molar-refractivity contribution is -0.00392. The first-order valence-electron chi connectivity index (χ1n) is 2.13. The first-order valence-corrected chi connectivity index (χ1v) is 2.13. The molecule has 0 amide bonds. The van der Waals surface area contributed by atoms with Gasteiger partial charge in [-0.1, -0.05) is 5.22 Å². The highest BCUT2D eigenvalue weighted by Gasteiger charge is 2.22. The average molecular weight is 101 g/mol. The quantitative estimate of drug-likeness (QED) is 0.442. The Hall–Kier alpha value is -0.640. The first kappa shape index (κ1) is 4.52. The summed E-state index contributed by atoms with van der Waals surface area (Å²) in [6.07, 6.45) is -0.242. The van der Waals surface area contributed by atoms with E-state index in [1.165, 1.54) is 5.01 Å². The van der Waals surface area contributed by atoms with E-state index in [4.69, 9.17) is 10.6 Å². The molecule has 1 aliphatic heterocycles. The molecule has 0 saturated carbocycles. The Balaban J connectivity index is 2.17. The minimum Gasteiger partial charge on any atom is -0.389 e. The summed E-state index contributed by atoms with van der Waals surface area (Å²) in [7, 11) is 0. The average Bonchev–Trinajstić information content (AvgIpc) is 1.58. The third-order valence-electron chi connectivity index (χ3n) is 0.984. The van der Waals surface area contributed by atoms with E-state index in [1.807, 2.05) is 0 Å². The summed E-state index contributed by atoms with van der Waals surface area (Å²) < 4.78 is 0. The zero-order valence-electron chi connectivity index (χ0n) is 3.83. The van der Waals surface area contributed by atoms with Crippen LogP contribution in [0, 0.1) is 5.53 Å². The maximum absolute atomic E-state index is 8.56. The van der Waals surface area contributed by atoms with E-state index in [0.29, 0.717) is 13.1 Å². The van der Waals surface area contributed by atoms with Crippen LogP contribution in [0.25, 0.3) is 0 Å². The molecule has 1 aliphatic rings. The summed E-state index contributed by atoms with van der Waals surface area (Å²) in [4.78, 5) is 0. The number of rotatable bonds is 1. The van der Waals surface area contributed by atoms with Crippen LogP contribution in [0.15, 0.2) is 5.22 Å². The van der Waals surface area contributed by atoms with Crippen molar-refractivity contribution in [3.63, 3.8) is 0 Å². The number of β-amino-alcohol motifs (C(OH)–C–C–N with tert-alkyl or cyclic N) is 1. The third-order valence-corrected chi connectivity index (χ3v) is 0.984. The fraction of sp³-hybridized carbons (Fsp3) is 1.00. The largest absolute Gasteiger partial charge is 0.389 e. The van der Waals surface area contributed by atoms with Crippen LogP contribution in [0.1, 0.15) is 0 Å². The van der Waals surface area contributed by atoms with Crippen LogP contribution < -0.4 is 0 Å². The smallest absolute Gasteiger partial charge is 0.0924 e. The van der Waals surface area contributed by atoms with Crippen molar-refractivity contribution in [3.05, 3.63) is 0 Å². The van der Waals surface area contributed by atoms with Crippen LogP contribution in [0.2, 0.25) is 0 Å². The molecule has 4 nitrogen and oxygen atoms in total. The van der Waals surface area contributed by atoms with Crippen LogP contribution in [-0.4, -0.2) is 29.3 Å². The molecule has 40 valence electrons. The molecule has 0 radical (unpaired) electrons. The molecule has 2 N–H and O–H groups in total. The summed E-state index contributed by atoms with van der Waals surface area (Å²) in [5.41, 5.74) is 6.39. The molecule has 1 rings (SSSR count). The van der Waals surface area contributed by atoms with Gasteiger partial charge < -0.3 is 5.11 Å².